The topological polar surface area (TPSA) is 35.6 Å². The molecule has 0 aromatic heterocycles. The van der Waals surface area contributed by atoms with Crippen molar-refractivity contribution >= 4 is 17.7 Å². The zero-order valence-electron chi connectivity index (χ0n) is 12.1. The fraction of sp³-hybridized carbons (Fsp3) is 0.923. The number of carbonyl (C=O) groups is 1. The first-order valence-electron chi connectivity index (χ1n) is 6.78. The van der Waals surface area contributed by atoms with Crippen LogP contribution in [0.3, 0.4) is 0 Å². The van der Waals surface area contributed by atoms with E-state index in [1.807, 2.05) is 30.6 Å². The minimum absolute atomic E-state index is 0.00818. The number of likely N-dealkylation sites (N-methyl/N-ethyl adjacent to an activating group) is 1. The molecule has 18 heavy (non-hydrogen) atoms. The maximum Gasteiger partial charge on any atom is 0.239 e. The molecule has 1 aliphatic heterocycles. The van der Waals surface area contributed by atoms with Crippen LogP contribution in [-0.2, 0) is 4.79 Å². The van der Waals surface area contributed by atoms with Crippen LogP contribution in [0.25, 0.3) is 0 Å². The first-order valence-corrected chi connectivity index (χ1v) is 8.17. The van der Waals surface area contributed by atoms with E-state index in [2.05, 4.69) is 23.4 Å². The van der Waals surface area contributed by atoms with Gasteiger partial charge in [0.2, 0.25) is 5.91 Å². The van der Waals surface area contributed by atoms with Crippen LogP contribution in [0.15, 0.2) is 0 Å². The van der Waals surface area contributed by atoms with E-state index in [-0.39, 0.29) is 11.9 Å². The number of piperazine rings is 1. The molecule has 0 bridgehead atoms. The third kappa shape index (κ3) is 4.44. The van der Waals surface area contributed by atoms with E-state index in [4.69, 9.17) is 0 Å². The molecule has 1 N–H and O–H groups in total. The second kappa shape index (κ2) is 8.02. The number of thioether (sulfide) groups is 1. The van der Waals surface area contributed by atoms with Gasteiger partial charge in [-0.2, -0.15) is 11.8 Å². The van der Waals surface area contributed by atoms with Crippen molar-refractivity contribution in [3.63, 3.8) is 0 Å². The van der Waals surface area contributed by atoms with Gasteiger partial charge >= 0.3 is 0 Å². The summed E-state index contributed by atoms with van der Waals surface area (Å²) in [5, 5.41) is 3.32. The highest BCUT2D eigenvalue weighted by Crippen LogP contribution is 2.10. The summed E-state index contributed by atoms with van der Waals surface area (Å²) in [6.45, 7) is 8.09. The summed E-state index contributed by atoms with van der Waals surface area (Å²) in [7, 11) is 1.94. The predicted octanol–water partition coefficient (Wildman–Crippen LogP) is 0.880. The number of nitrogens with one attached hydrogen (secondary N) is 1. The van der Waals surface area contributed by atoms with Gasteiger partial charge in [-0.3, -0.25) is 9.69 Å². The van der Waals surface area contributed by atoms with E-state index in [1.54, 1.807) is 0 Å². The number of hydrogen-bond acceptors (Lipinski definition) is 4. The summed E-state index contributed by atoms with van der Waals surface area (Å²) in [5.74, 6) is 1.37. The molecule has 1 fully saturated rings. The molecule has 0 aromatic rings. The highest BCUT2D eigenvalue weighted by Gasteiger charge is 2.26. The molecule has 1 aliphatic rings. The van der Waals surface area contributed by atoms with Crippen LogP contribution in [0.5, 0.6) is 0 Å². The van der Waals surface area contributed by atoms with E-state index in [0.717, 1.165) is 38.4 Å². The molecule has 0 radical (unpaired) electrons. The van der Waals surface area contributed by atoms with E-state index in [9.17, 15) is 4.79 Å². The van der Waals surface area contributed by atoms with Crippen LogP contribution in [0.1, 0.15) is 20.3 Å². The van der Waals surface area contributed by atoms with Gasteiger partial charge in [-0.15, -0.1) is 0 Å². The largest absolute Gasteiger partial charge is 0.342 e. The van der Waals surface area contributed by atoms with Crippen molar-refractivity contribution in [1.82, 2.24) is 15.1 Å². The normalized spacial score (nSPS) is 20.4. The Morgan fingerprint density at radius 1 is 1.39 bits per heavy atom. The van der Waals surface area contributed by atoms with Crippen molar-refractivity contribution in [2.75, 3.05) is 45.2 Å². The van der Waals surface area contributed by atoms with Crippen molar-refractivity contribution in [1.29, 1.82) is 0 Å². The fourth-order valence-corrected chi connectivity index (χ4v) is 2.80. The number of amides is 1. The lowest BCUT2D eigenvalue weighted by Gasteiger charge is -2.35. The average Bonchev–Trinajstić information content (AvgIpc) is 2.43. The Labute approximate surface area is 115 Å². The van der Waals surface area contributed by atoms with Gasteiger partial charge in [-0.05, 0) is 32.3 Å². The summed E-state index contributed by atoms with van der Waals surface area (Å²) in [6, 6.07) is 0.337. The lowest BCUT2D eigenvalue weighted by atomic mass is 10.1. The SMILES string of the molecule is CSCCC(C)N(C)C(=O)C(C)N1CCNCC1. The van der Waals surface area contributed by atoms with Gasteiger partial charge in [0.05, 0.1) is 6.04 Å². The van der Waals surface area contributed by atoms with Gasteiger partial charge in [0.25, 0.3) is 0 Å². The van der Waals surface area contributed by atoms with Crippen molar-refractivity contribution in [2.24, 2.45) is 0 Å². The summed E-state index contributed by atoms with van der Waals surface area (Å²) in [6.07, 6.45) is 3.18. The molecule has 5 heteroatoms. The van der Waals surface area contributed by atoms with Crippen LogP contribution in [-0.4, -0.2) is 73.0 Å². The summed E-state index contributed by atoms with van der Waals surface area (Å²) in [5.41, 5.74) is 0. The smallest absolute Gasteiger partial charge is 0.239 e. The molecule has 1 heterocycles. The van der Waals surface area contributed by atoms with E-state index in [0.29, 0.717) is 6.04 Å². The Morgan fingerprint density at radius 2 is 2.00 bits per heavy atom. The van der Waals surface area contributed by atoms with Crippen LogP contribution < -0.4 is 5.32 Å². The Bertz CT molecular complexity index is 257. The lowest BCUT2D eigenvalue weighted by molar-refractivity contribution is -0.137. The van der Waals surface area contributed by atoms with Gasteiger partial charge in [-0.25, -0.2) is 0 Å². The van der Waals surface area contributed by atoms with Gasteiger partial charge in [0.15, 0.2) is 0 Å². The zero-order valence-corrected chi connectivity index (χ0v) is 12.9. The van der Waals surface area contributed by atoms with E-state index in [1.165, 1.54) is 0 Å². The van der Waals surface area contributed by atoms with Crippen LogP contribution in [0, 0.1) is 0 Å². The molecule has 1 rings (SSSR count). The molecule has 2 unspecified atom stereocenters. The van der Waals surface area contributed by atoms with Crippen LogP contribution in [0.4, 0.5) is 0 Å². The number of hydrogen-bond donors (Lipinski definition) is 1. The molecule has 0 aromatic carbocycles. The van der Waals surface area contributed by atoms with Crippen LogP contribution in [0.2, 0.25) is 0 Å². The number of rotatable bonds is 6. The van der Waals surface area contributed by atoms with Crippen molar-refractivity contribution in [2.45, 2.75) is 32.4 Å². The molecule has 4 nitrogen and oxygen atoms in total. The molecule has 0 aliphatic carbocycles. The maximum atomic E-state index is 12.4. The summed E-state index contributed by atoms with van der Waals surface area (Å²) < 4.78 is 0. The second-order valence-electron chi connectivity index (χ2n) is 5.04. The molecule has 106 valence electrons. The monoisotopic (exact) mass is 273 g/mol. The molecule has 0 saturated carbocycles. The highest BCUT2D eigenvalue weighted by molar-refractivity contribution is 7.98. The second-order valence-corrected chi connectivity index (χ2v) is 6.03. The first-order chi connectivity index (χ1) is 8.57. The van der Waals surface area contributed by atoms with Gasteiger partial charge in [-0.1, -0.05) is 0 Å². The molecule has 1 saturated heterocycles. The van der Waals surface area contributed by atoms with Crippen molar-refractivity contribution < 1.29 is 4.79 Å². The third-order valence-electron chi connectivity index (χ3n) is 3.81. The molecule has 2 atom stereocenters. The van der Waals surface area contributed by atoms with Crippen LogP contribution >= 0.6 is 11.8 Å². The Hall–Kier alpha value is -0.260. The summed E-state index contributed by atoms with van der Waals surface area (Å²) >= 11 is 1.84. The molecular weight excluding hydrogens is 246 g/mol. The van der Waals surface area contributed by atoms with Gasteiger partial charge in [0, 0.05) is 39.3 Å². The Morgan fingerprint density at radius 3 is 2.56 bits per heavy atom. The standard InChI is InChI=1S/C13H27N3OS/c1-11(5-10-18-4)15(3)13(17)12(2)16-8-6-14-7-9-16/h11-12,14H,5-10H2,1-4H3. The molecule has 0 spiro atoms. The quantitative estimate of drug-likeness (QED) is 0.779. The predicted molar refractivity (Wildman–Crippen MR) is 79.1 cm³/mol. The van der Waals surface area contributed by atoms with E-state index >= 15 is 0 Å². The Kier molecular flexibility index (Phi) is 7.04. The summed E-state index contributed by atoms with van der Waals surface area (Å²) in [4.78, 5) is 16.6. The average molecular weight is 273 g/mol. The fourth-order valence-electron chi connectivity index (χ4n) is 2.22. The van der Waals surface area contributed by atoms with E-state index < -0.39 is 0 Å². The van der Waals surface area contributed by atoms with Gasteiger partial charge in [0.1, 0.15) is 0 Å². The van der Waals surface area contributed by atoms with Crippen molar-refractivity contribution in [3.05, 3.63) is 0 Å². The number of carbonyl (C=O) groups excluding carboxylic acids is 1. The zero-order chi connectivity index (χ0) is 13.5. The maximum absolute atomic E-state index is 12.4. The van der Waals surface area contributed by atoms with Gasteiger partial charge < -0.3 is 10.2 Å². The molecule has 1 amide bonds. The van der Waals surface area contributed by atoms with Crippen molar-refractivity contribution in [3.8, 4) is 0 Å². The first kappa shape index (κ1) is 15.8. The highest BCUT2D eigenvalue weighted by atomic mass is 32.2. The minimum atomic E-state index is 0.00818. The minimum Gasteiger partial charge on any atom is -0.342 e. The lowest BCUT2D eigenvalue weighted by Crippen LogP contribution is -2.54. The number of nitrogens with zero attached hydrogens (tertiary/aromatic N) is 2. The Balaban J connectivity index is 2.45. The third-order valence-corrected chi connectivity index (χ3v) is 4.45. The molecular formula is C13H27N3OS.